The minimum absolute atomic E-state index is 0.0857. The van der Waals surface area contributed by atoms with Gasteiger partial charge in [-0.15, -0.1) is 0 Å². The number of nitriles is 2. The van der Waals surface area contributed by atoms with Crippen LogP contribution in [-0.2, 0) is 0 Å². The van der Waals surface area contributed by atoms with Gasteiger partial charge in [-0.05, 0) is 43.0 Å². The van der Waals surface area contributed by atoms with E-state index in [4.69, 9.17) is 20.4 Å². The van der Waals surface area contributed by atoms with Crippen LogP contribution in [0.5, 0.6) is 5.75 Å². The fourth-order valence-corrected chi connectivity index (χ4v) is 1.67. The fourth-order valence-electron chi connectivity index (χ4n) is 1.67. The van der Waals surface area contributed by atoms with Crippen molar-refractivity contribution in [2.45, 2.75) is 25.7 Å². The van der Waals surface area contributed by atoms with Crippen LogP contribution in [0.2, 0.25) is 0 Å². The Morgan fingerprint density at radius 3 is 2.30 bits per heavy atom. The summed E-state index contributed by atoms with van der Waals surface area (Å²) in [5.74, 6) is 0.778. The second-order valence-electron chi connectivity index (χ2n) is 4.34. The van der Waals surface area contributed by atoms with E-state index in [2.05, 4.69) is 0 Å². The number of allylic oxidation sites excluding steroid dienone is 1. The van der Waals surface area contributed by atoms with Crippen LogP contribution in [0.4, 0.5) is 0 Å². The molecule has 4 nitrogen and oxygen atoms in total. The van der Waals surface area contributed by atoms with Crippen LogP contribution in [0.25, 0.3) is 6.08 Å². The van der Waals surface area contributed by atoms with Crippen molar-refractivity contribution in [3.63, 3.8) is 0 Å². The maximum Gasteiger partial charge on any atom is 0.130 e. The first-order chi connectivity index (χ1) is 9.80. The number of aliphatic hydroxyl groups excluding tert-OH is 1. The van der Waals surface area contributed by atoms with E-state index in [1.807, 2.05) is 36.4 Å². The summed E-state index contributed by atoms with van der Waals surface area (Å²) < 4.78 is 5.59. The molecule has 0 radical (unpaired) electrons. The van der Waals surface area contributed by atoms with E-state index in [-0.39, 0.29) is 12.2 Å². The quantitative estimate of drug-likeness (QED) is 0.581. The molecule has 104 valence electrons. The van der Waals surface area contributed by atoms with Gasteiger partial charge in [0.25, 0.3) is 0 Å². The summed E-state index contributed by atoms with van der Waals surface area (Å²) in [7, 11) is 0. The summed E-state index contributed by atoms with van der Waals surface area (Å²) in [5.41, 5.74) is 0.890. The number of unbranched alkanes of at least 4 members (excludes halogenated alkanes) is 3. The van der Waals surface area contributed by atoms with Gasteiger partial charge in [0.1, 0.15) is 23.5 Å². The lowest BCUT2D eigenvalue weighted by Gasteiger charge is -2.06. The van der Waals surface area contributed by atoms with Crippen LogP contribution in [0, 0.1) is 22.7 Å². The van der Waals surface area contributed by atoms with Crippen LogP contribution in [0.3, 0.4) is 0 Å². The van der Waals surface area contributed by atoms with E-state index in [1.165, 1.54) is 0 Å². The normalized spacial score (nSPS) is 9.35. The second kappa shape index (κ2) is 9.61. The molecule has 0 heterocycles. The molecule has 1 aromatic carbocycles. The molecular formula is C16H18N2O2. The van der Waals surface area contributed by atoms with Crippen molar-refractivity contribution in [3.05, 3.63) is 35.4 Å². The Hall–Kier alpha value is -2.30. The highest BCUT2D eigenvalue weighted by Crippen LogP contribution is 2.15. The van der Waals surface area contributed by atoms with Crippen molar-refractivity contribution in [2.24, 2.45) is 0 Å². The zero-order valence-corrected chi connectivity index (χ0v) is 11.4. The molecule has 1 aromatic rings. The van der Waals surface area contributed by atoms with Gasteiger partial charge >= 0.3 is 0 Å². The average molecular weight is 270 g/mol. The lowest BCUT2D eigenvalue weighted by atomic mass is 10.1. The van der Waals surface area contributed by atoms with Crippen LogP contribution in [0.15, 0.2) is 29.8 Å². The first-order valence-corrected chi connectivity index (χ1v) is 6.65. The highest BCUT2D eigenvalue weighted by molar-refractivity contribution is 5.62. The molecule has 0 unspecified atom stereocenters. The summed E-state index contributed by atoms with van der Waals surface area (Å²) in [4.78, 5) is 0. The first-order valence-electron chi connectivity index (χ1n) is 6.65. The Bertz CT molecular complexity index is 491. The Kier molecular flexibility index (Phi) is 7.57. The number of hydrogen-bond acceptors (Lipinski definition) is 4. The van der Waals surface area contributed by atoms with Crippen LogP contribution < -0.4 is 4.74 Å². The standard InChI is InChI=1S/C16H18N2O2/c17-12-15(13-18)11-14-5-7-16(8-6-14)20-10-4-2-1-3-9-19/h5-8,11,19H,1-4,9-10H2. The van der Waals surface area contributed by atoms with Gasteiger partial charge in [0.2, 0.25) is 0 Å². The van der Waals surface area contributed by atoms with Crippen LogP contribution in [0.1, 0.15) is 31.2 Å². The molecule has 0 saturated heterocycles. The molecule has 20 heavy (non-hydrogen) atoms. The highest BCUT2D eigenvalue weighted by Gasteiger charge is 1.97. The van der Waals surface area contributed by atoms with Gasteiger partial charge in [-0.3, -0.25) is 0 Å². The average Bonchev–Trinajstić information content (AvgIpc) is 2.49. The topological polar surface area (TPSA) is 77.0 Å². The number of ether oxygens (including phenoxy) is 1. The molecule has 0 spiro atoms. The summed E-state index contributed by atoms with van der Waals surface area (Å²) in [6, 6.07) is 10.9. The lowest BCUT2D eigenvalue weighted by Crippen LogP contribution is -1.97. The molecule has 0 aliphatic rings. The third-order valence-corrected chi connectivity index (χ3v) is 2.75. The van der Waals surface area contributed by atoms with Crippen molar-refractivity contribution in [2.75, 3.05) is 13.2 Å². The van der Waals surface area contributed by atoms with E-state index in [0.717, 1.165) is 37.0 Å². The predicted octanol–water partition coefficient (Wildman–Crippen LogP) is 3.05. The second-order valence-corrected chi connectivity index (χ2v) is 4.34. The van der Waals surface area contributed by atoms with Crippen LogP contribution >= 0.6 is 0 Å². The number of benzene rings is 1. The molecule has 0 aliphatic carbocycles. The van der Waals surface area contributed by atoms with Gasteiger partial charge in [-0.25, -0.2) is 0 Å². The zero-order valence-electron chi connectivity index (χ0n) is 11.4. The number of rotatable bonds is 8. The van der Waals surface area contributed by atoms with Crippen molar-refractivity contribution >= 4 is 6.08 Å². The number of hydrogen-bond donors (Lipinski definition) is 1. The molecule has 1 rings (SSSR count). The predicted molar refractivity (Wildman–Crippen MR) is 76.7 cm³/mol. The molecule has 0 atom stereocenters. The Morgan fingerprint density at radius 1 is 1.05 bits per heavy atom. The van der Waals surface area contributed by atoms with Crippen LogP contribution in [-0.4, -0.2) is 18.3 Å². The fraction of sp³-hybridized carbons (Fsp3) is 0.375. The summed E-state index contributed by atoms with van der Waals surface area (Å²) in [6.45, 7) is 0.908. The first kappa shape index (κ1) is 15.8. The molecule has 0 fully saturated rings. The molecule has 1 N–H and O–H groups in total. The van der Waals surface area contributed by atoms with Gasteiger partial charge in [-0.1, -0.05) is 18.6 Å². The molecular weight excluding hydrogens is 252 g/mol. The van der Waals surface area contributed by atoms with Gasteiger partial charge in [0.15, 0.2) is 0 Å². The lowest BCUT2D eigenvalue weighted by molar-refractivity contribution is 0.273. The summed E-state index contributed by atoms with van der Waals surface area (Å²) >= 11 is 0. The minimum Gasteiger partial charge on any atom is -0.494 e. The van der Waals surface area contributed by atoms with Gasteiger partial charge in [0, 0.05) is 6.61 Å². The van der Waals surface area contributed by atoms with E-state index in [1.54, 1.807) is 6.08 Å². The number of nitrogens with zero attached hydrogens (tertiary/aromatic N) is 2. The molecule has 4 heteroatoms. The SMILES string of the molecule is N#CC(C#N)=Cc1ccc(OCCCCCCO)cc1. The summed E-state index contributed by atoms with van der Waals surface area (Å²) in [6.07, 6.45) is 5.43. The molecule has 0 amide bonds. The maximum absolute atomic E-state index is 8.67. The Labute approximate surface area is 119 Å². The maximum atomic E-state index is 8.67. The Balaban J connectivity index is 2.38. The van der Waals surface area contributed by atoms with Crippen molar-refractivity contribution in [1.82, 2.24) is 0 Å². The van der Waals surface area contributed by atoms with E-state index in [0.29, 0.717) is 6.61 Å². The highest BCUT2D eigenvalue weighted by atomic mass is 16.5. The molecule has 0 saturated carbocycles. The third kappa shape index (κ3) is 6.04. The van der Waals surface area contributed by atoms with E-state index in [9.17, 15) is 0 Å². The van der Waals surface area contributed by atoms with Crippen molar-refractivity contribution in [1.29, 1.82) is 10.5 Å². The monoisotopic (exact) mass is 270 g/mol. The molecule has 0 aromatic heterocycles. The van der Waals surface area contributed by atoms with Crippen molar-refractivity contribution < 1.29 is 9.84 Å². The molecule has 0 bridgehead atoms. The van der Waals surface area contributed by atoms with Gasteiger partial charge in [0.05, 0.1) is 6.61 Å². The third-order valence-electron chi connectivity index (χ3n) is 2.75. The largest absolute Gasteiger partial charge is 0.494 e. The number of aliphatic hydroxyl groups is 1. The van der Waals surface area contributed by atoms with E-state index < -0.39 is 0 Å². The van der Waals surface area contributed by atoms with Gasteiger partial charge in [-0.2, -0.15) is 10.5 Å². The van der Waals surface area contributed by atoms with E-state index >= 15 is 0 Å². The van der Waals surface area contributed by atoms with Gasteiger partial charge < -0.3 is 9.84 Å². The summed E-state index contributed by atoms with van der Waals surface area (Å²) in [5, 5.41) is 26.0. The zero-order chi connectivity index (χ0) is 14.6. The smallest absolute Gasteiger partial charge is 0.130 e. The van der Waals surface area contributed by atoms with Crippen molar-refractivity contribution in [3.8, 4) is 17.9 Å². The molecule has 0 aliphatic heterocycles. The minimum atomic E-state index is 0.0857. The Morgan fingerprint density at radius 2 is 1.70 bits per heavy atom.